The first-order valence-corrected chi connectivity index (χ1v) is 6.59. The molecule has 18 heavy (non-hydrogen) atoms. The smallest absolute Gasteiger partial charge is 0.307 e. The third kappa shape index (κ3) is 3.98. The van der Waals surface area contributed by atoms with Crippen molar-refractivity contribution in [2.75, 3.05) is 6.54 Å². The number of carbonyl (C=O) groups is 2. The maximum absolute atomic E-state index is 11.8. The van der Waals surface area contributed by atoms with Gasteiger partial charge in [-0.25, -0.2) is 0 Å². The van der Waals surface area contributed by atoms with Crippen LogP contribution in [0.15, 0.2) is 0 Å². The Morgan fingerprint density at radius 3 is 2.22 bits per heavy atom. The van der Waals surface area contributed by atoms with E-state index in [1.807, 2.05) is 0 Å². The van der Waals surface area contributed by atoms with Gasteiger partial charge in [0.05, 0.1) is 11.5 Å². The van der Waals surface area contributed by atoms with Crippen LogP contribution in [0.1, 0.15) is 46.0 Å². The maximum Gasteiger partial charge on any atom is 0.307 e. The van der Waals surface area contributed by atoms with Crippen LogP contribution in [0.5, 0.6) is 0 Å². The second-order valence-corrected chi connectivity index (χ2v) is 5.42. The Kier molecular flexibility index (Phi) is 5.14. The van der Waals surface area contributed by atoms with Crippen molar-refractivity contribution < 1.29 is 19.8 Å². The van der Waals surface area contributed by atoms with Crippen molar-refractivity contribution in [3.8, 4) is 0 Å². The molecule has 5 heteroatoms. The summed E-state index contributed by atoms with van der Waals surface area (Å²) in [5.41, 5.74) is -0.805. The first-order valence-electron chi connectivity index (χ1n) is 6.59. The largest absolute Gasteiger partial charge is 0.481 e. The van der Waals surface area contributed by atoms with Crippen LogP contribution in [-0.4, -0.2) is 34.2 Å². The molecule has 2 unspecified atom stereocenters. The van der Waals surface area contributed by atoms with Gasteiger partial charge >= 0.3 is 5.97 Å². The summed E-state index contributed by atoms with van der Waals surface area (Å²) in [7, 11) is 0. The highest BCUT2D eigenvalue weighted by atomic mass is 16.4. The molecule has 1 aliphatic rings. The third-order valence-corrected chi connectivity index (χ3v) is 3.93. The highest BCUT2D eigenvalue weighted by molar-refractivity contribution is 5.84. The lowest BCUT2D eigenvalue weighted by atomic mass is 9.84. The normalized spacial score (nSPS) is 21.9. The standard InChI is InChI=1S/C13H23NO4/c1-9(10(2)12(16)17)11(15)14-8-13(18)6-4-3-5-7-13/h9-10,18H,3-8H2,1-2H3,(H,14,15)(H,16,17). The molecule has 0 aliphatic heterocycles. The minimum absolute atomic E-state index is 0.225. The van der Waals surface area contributed by atoms with Crippen molar-refractivity contribution in [2.45, 2.75) is 51.6 Å². The van der Waals surface area contributed by atoms with Gasteiger partial charge in [0.1, 0.15) is 0 Å². The highest BCUT2D eigenvalue weighted by Crippen LogP contribution is 2.27. The highest BCUT2D eigenvalue weighted by Gasteiger charge is 2.31. The number of rotatable bonds is 5. The molecule has 0 radical (unpaired) electrons. The predicted molar refractivity (Wildman–Crippen MR) is 67.0 cm³/mol. The first kappa shape index (κ1) is 15.0. The van der Waals surface area contributed by atoms with Crippen molar-refractivity contribution in [3.05, 3.63) is 0 Å². The summed E-state index contributed by atoms with van der Waals surface area (Å²) >= 11 is 0. The summed E-state index contributed by atoms with van der Waals surface area (Å²) in [4.78, 5) is 22.6. The van der Waals surface area contributed by atoms with Crippen LogP contribution >= 0.6 is 0 Å². The summed E-state index contributed by atoms with van der Waals surface area (Å²) in [5.74, 6) is -2.58. The molecule has 0 bridgehead atoms. The SMILES string of the molecule is CC(C(=O)O)C(C)C(=O)NCC1(O)CCCCC1. The van der Waals surface area contributed by atoms with E-state index in [-0.39, 0.29) is 12.5 Å². The molecule has 0 heterocycles. The lowest BCUT2D eigenvalue weighted by Gasteiger charge is -2.32. The molecule has 0 aromatic rings. The fourth-order valence-electron chi connectivity index (χ4n) is 2.24. The van der Waals surface area contributed by atoms with Crippen molar-refractivity contribution in [2.24, 2.45) is 11.8 Å². The van der Waals surface area contributed by atoms with Crippen LogP contribution in [0.4, 0.5) is 0 Å². The van der Waals surface area contributed by atoms with Crippen LogP contribution in [0.25, 0.3) is 0 Å². The van der Waals surface area contributed by atoms with Crippen LogP contribution in [0, 0.1) is 11.8 Å². The Morgan fingerprint density at radius 1 is 1.17 bits per heavy atom. The maximum atomic E-state index is 11.8. The number of nitrogens with one attached hydrogen (secondary N) is 1. The Bertz CT molecular complexity index is 310. The van der Waals surface area contributed by atoms with E-state index in [4.69, 9.17) is 5.11 Å². The second-order valence-electron chi connectivity index (χ2n) is 5.42. The van der Waals surface area contributed by atoms with E-state index < -0.39 is 23.4 Å². The van der Waals surface area contributed by atoms with Crippen LogP contribution in [0.2, 0.25) is 0 Å². The van der Waals surface area contributed by atoms with Gasteiger partial charge < -0.3 is 15.5 Å². The van der Waals surface area contributed by atoms with Crippen molar-refractivity contribution >= 4 is 11.9 Å². The summed E-state index contributed by atoms with van der Waals surface area (Å²) in [6.45, 7) is 3.34. The number of carboxylic acids is 1. The monoisotopic (exact) mass is 257 g/mol. The zero-order valence-corrected chi connectivity index (χ0v) is 11.1. The number of aliphatic hydroxyl groups is 1. The van der Waals surface area contributed by atoms with Gasteiger partial charge in [-0.15, -0.1) is 0 Å². The van der Waals surface area contributed by atoms with E-state index >= 15 is 0 Å². The summed E-state index contributed by atoms with van der Waals surface area (Å²) in [5, 5.41) is 21.7. The van der Waals surface area contributed by atoms with E-state index in [0.29, 0.717) is 12.8 Å². The topological polar surface area (TPSA) is 86.6 Å². The Hall–Kier alpha value is -1.10. The lowest BCUT2D eigenvalue weighted by Crippen LogP contribution is -2.46. The number of hydrogen-bond acceptors (Lipinski definition) is 3. The Morgan fingerprint density at radius 2 is 1.72 bits per heavy atom. The molecule has 5 nitrogen and oxygen atoms in total. The van der Waals surface area contributed by atoms with E-state index in [0.717, 1.165) is 19.3 Å². The zero-order valence-electron chi connectivity index (χ0n) is 11.1. The van der Waals surface area contributed by atoms with Crippen LogP contribution < -0.4 is 5.32 Å². The molecule has 1 fully saturated rings. The number of aliphatic carboxylic acids is 1. The average molecular weight is 257 g/mol. The number of carbonyl (C=O) groups excluding carboxylic acids is 1. The molecular weight excluding hydrogens is 234 g/mol. The van der Waals surface area contributed by atoms with Gasteiger partial charge in [0, 0.05) is 12.5 Å². The van der Waals surface area contributed by atoms with Crippen molar-refractivity contribution in [3.63, 3.8) is 0 Å². The van der Waals surface area contributed by atoms with Gasteiger partial charge in [-0.2, -0.15) is 0 Å². The average Bonchev–Trinajstić information content (AvgIpc) is 2.35. The number of carboxylic acid groups (broad SMARTS) is 1. The molecule has 1 aliphatic carbocycles. The molecule has 1 rings (SSSR count). The zero-order chi connectivity index (χ0) is 13.8. The minimum atomic E-state index is -0.978. The summed E-state index contributed by atoms with van der Waals surface area (Å²) in [6.07, 6.45) is 4.50. The van der Waals surface area contributed by atoms with E-state index in [2.05, 4.69) is 5.32 Å². The molecule has 1 amide bonds. The number of amides is 1. The predicted octanol–water partition coefficient (Wildman–Crippen LogP) is 1.15. The molecule has 1 saturated carbocycles. The number of hydrogen-bond donors (Lipinski definition) is 3. The molecule has 3 N–H and O–H groups in total. The quantitative estimate of drug-likeness (QED) is 0.689. The fraction of sp³-hybridized carbons (Fsp3) is 0.846. The van der Waals surface area contributed by atoms with Crippen LogP contribution in [0.3, 0.4) is 0 Å². The lowest BCUT2D eigenvalue weighted by molar-refractivity contribution is -0.146. The van der Waals surface area contributed by atoms with E-state index in [9.17, 15) is 14.7 Å². The van der Waals surface area contributed by atoms with Gasteiger partial charge in [-0.05, 0) is 12.8 Å². The van der Waals surface area contributed by atoms with Gasteiger partial charge in [0.15, 0.2) is 0 Å². The van der Waals surface area contributed by atoms with E-state index in [1.165, 1.54) is 6.92 Å². The fourth-order valence-corrected chi connectivity index (χ4v) is 2.24. The molecule has 104 valence electrons. The van der Waals surface area contributed by atoms with Gasteiger partial charge in [-0.1, -0.05) is 33.1 Å². The Balaban J connectivity index is 2.42. The Labute approximate surface area is 108 Å². The van der Waals surface area contributed by atoms with Crippen molar-refractivity contribution in [1.82, 2.24) is 5.32 Å². The summed E-state index contributed by atoms with van der Waals surface area (Å²) in [6, 6.07) is 0. The molecular formula is C13H23NO4. The molecule has 0 aromatic heterocycles. The molecule has 0 spiro atoms. The molecule has 0 saturated heterocycles. The van der Waals surface area contributed by atoms with Gasteiger partial charge in [0.2, 0.25) is 5.91 Å². The minimum Gasteiger partial charge on any atom is -0.481 e. The van der Waals surface area contributed by atoms with Crippen molar-refractivity contribution in [1.29, 1.82) is 0 Å². The molecule has 2 atom stereocenters. The third-order valence-electron chi connectivity index (χ3n) is 3.93. The van der Waals surface area contributed by atoms with Gasteiger partial charge in [-0.3, -0.25) is 9.59 Å². The summed E-state index contributed by atoms with van der Waals surface area (Å²) < 4.78 is 0. The molecule has 0 aromatic carbocycles. The first-order chi connectivity index (χ1) is 8.36. The van der Waals surface area contributed by atoms with Crippen LogP contribution in [-0.2, 0) is 9.59 Å². The van der Waals surface area contributed by atoms with E-state index in [1.54, 1.807) is 6.92 Å². The van der Waals surface area contributed by atoms with Gasteiger partial charge in [0.25, 0.3) is 0 Å². The second kappa shape index (κ2) is 6.18.